The van der Waals surface area contributed by atoms with Crippen LogP contribution in [-0.4, -0.2) is 153 Å². The fraction of sp³-hybridized carbons (Fsp3) is 0.563. The summed E-state index contributed by atoms with van der Waals surface area (Å²) in [7, 11) is -4.74. The van der Waals surface area contributed by atoms with Crippen molar-refractivity contribution < 1.29 is 51.3 Å². The van der Waals surface area contributed by atoms with E-state index in [2.05, 4.69) is 114 Å². The molecule has 15 rings (SSSR count). The second-order valence-corrected chi connectivity index (χ2v) is 31.0. The smallest absolute Gasteiger partial charge is 0.297 e. The molecule has 0 bridgehead atoms. The molecular formula is C71H88N10O12S. The lowest BCUT2D eigenvalue weighted by Gasteiger charge is -2.59. The van der Waals surface area contributed by atoms with Gasteiger partial charge in [-0.1, -0.05) is 45.9 Å². The average Bonchev–Trinajstić information content (AvgIpc) is 0.746. The average molecular weight is 1310 g/mol. The quantitative estimate of drug-likeness (QED) is 0.0719. The molecule has 6 aromatic rings. The Morgan fingerprint density at radius 2 is 1.63 bits per heavy atom. The van der Waals surface area contributed by atoms with E-state index in [1.807, 2.05) is 30.5 Å². The van der Waals surface area contributed by atoms with Crippen molar-refractivity contribution >= 4 is 55.4 Å². The number of ether oxygens (including phenoxy) is 7. The van der Waals surface area contributed by atoms with Crippen LogP contribution in [-0.2, 0) is 35.2 Å². The van der Waals surface area contributed by atoms with Crippen LogP contribution in [0.25, 0.3) is 11.0 Å². The highest BCUT2D eigenvalue weighted by Crippen LogP contribution is 2.57. The Morgan fingerprint density at radius 3 is 2.40 bits per heavy atom. The third-order valence-corrected chi connectivity index (χ3v) is 23.2. The number of carbonyl (C=O) groups is 1. The number of piperazine rings is 1. The van der Waals surface area contributed by atoms with Crippen molar-refractivity contribution in [3.8, 4) is 23.1 Å². The zero-order valence-corrected chi connectivity index (χ0v) is 56.0. The Kier molecular flexibility index (Phi) is 16.1. The molecular weight excluding hydrogens is 1220 g/mol. The van der Waals surface area contributed by atoms with Crippen molar-refractivity contribution in [3.05, 3.63) is 117 Å². The topological polar surface area (TPSA) is 238 Å². The first-order valence-corrected chi connectivity index (χ1v) is 35.5. The number of nitro benzene ring substituents is 1. The van der Waals surface area contributed by atoms with E-state index in [0.29, 0.717) is 68.4 Å². The monoisotopic (exact) mass is 1300 g/mol. The van der Waals surface area contributed by atoms with Gasteiger partial charge in [0.2, 0.25) is 5.88 Å². The SMILES string of the molecule is CC(C)Oc1ccccc1[C@@H]1CN([C@@H]2COC(C)(C)c3nc(C(C)C)c4c(c32)C(C)(C)CCO4)CCN1C1CC2(CCN(c3ccc(C(=O)NS(=O)(=O)c4cc5c(c([N+](=O)[O-])c4)N[C@H](C4CCOCC4)CO5)c(N4c5cc6cc[nH]c6nc5O[C@H]5COCC[C@@H]54)c3)CC2)C1. The molecule has 0 unspecified atom stereocenters. The normalized spacial score (nSPS) is 25.7. The van der Waals surface area contributed by atoms with E-state index >= 15 is 4.79 Å². The number of hydrogen-bond donors (Lipinski definition) is 3. The van der Waals surface area contributed by atoms with Gasteiger partial charge in [0.1, 0.15) is 41.1 Å². The number of para-hydroxylation sites is 1. The summed E-state index contributed by atoms with van der Waals surface area (Å²) in [5.41, 5.74) is 7.65. The molecule has 1 saturated carbocycles. The first-order valence-electron chi connectivity index (χ1n) is 34.0. The number of aromatic amines is 1. The molecule has 500 valence electrons. The largest absolute Gasteiger partial charge is 0.491 e. The first kappa shape index (κ1) is 62.8. The maximum atomic E-state index is 15.1. The number of rotatable bonds is 13. The minimum absolute atomic E-state index is 0.00229. The van der Waals surface area contributed by atoms with Gasteiger partial charge in [0.15, 0.2) is 11.4 Å². The summed E-state index contributed by atoms with van der Waals surface area (Å²) in [6, 6.07) is 20.2. The van der Waals surface area contributed by atoms with Crippen LogP contribution in [0.2, 0.25) is 0 Å². The van der Waals surface area contributed by atoms with Crippen molar-refractivity contribution in [3.63, 3.8) is 0 Å². The van der Waals surface area contributed by atoms with Crippen molar-refractivity contribution in [1.82, 2.24) is 29.5 Å². The number of pyridine rings is 2. The van der Waals surface area contributed by atoms with Gasteiger partial charge in [0.25, 0.3) is 21.6 Å². The third kappa shape index (κ3) is 11.3. The van der Waals surface area contributed by atoms with E-state index in [9.17, 15) is 18.5 Å². The number of fused-ring (bicyclic) bond motifs is 7. The number of H-pyrrole nitrogens is 1. The zero-order chi connectivity index (χ0) is 65.2. The molecule has 3 N–H and O–H groups in total. The molecule has 1 aliphatic carbocycles. The number of piperidine rings is 1. The van der Waals surface area contributed by atoms with E-state index in [1.54, 1.807) is 6.07 Å². The molecule has 0 radical (unpaired) electrons. The van der Waals surface area contributed by atoms with Crippen LogP contribution in [0.1, 0.15) is 163 Å². The van der Waals surface area contributed by atoms with Crippen molar-refractivity contribution in [2.75, 3.05) is 94.1 Å². The molecule has 22 nitrogen and oxygen atoms in total. The Hall–Kier alpha value is -7.28. The maximum Gasteiger partial charge on any atom is 0.297 e. The second-order valence-electron chi connectivity index (χ2n) is 29.3. The minimum atomic E-state index is -4.74. The molecule has 5 atom stereocenters. The van der Waals surface area contributed by atoms with Crippen LogP contribution >= 0.6 is 0 Å². The maximum absolute atomic E-state index is 15.1. The van der Waals surface area contributed by atoms with Gasteiger partial charge in [-0.3, -0.25) is 29.7 Å². The molecule has 9 aliphatic rings. The Labute approximate surface area is 549 Å². The number of aromatic nitrogens is 3. The Morgan fingerprint density at radius 1 is 0.840 bits per heavy atom. The number of carbonyl (C=O) groups excluding carboxylic acids is 1. The van der Waals surface area contributed by atoms with Crippen molar-refractivity contribution in [2.24, 2.45) is 11.3 Å². The zero-order valence-electron chi connectivity index (χ0n) is 55.2. The molecule has 11 heterocycles. The highest BCUT2D eigenvalue weighted by molar-refractivity contribution is 7.90. The predicted molar refractivity (Wildman–Crippen MR) is 356 cm³/mol. The first-order chi connectivity index (χ1) is 45.1. The molecule has 1 amide bonds. The molecule has 94 heavy (non-hydrogen) atoms. The van der Waals surface area contributed by atoms with Gasteiger partial charge in [0, 0.05) is 105 Å². The summed E-state index contributed by atoms with van der Waals surface area (Å²) < 4.78 is 75.9. The fourth-order valence-corrected chi connectivity index (χ4v) is 17.8. The van der Waals surface area contributed by atoms with Crippen LogP contribution < -0.4 is 38.8 Å². The summed E-state index contributed by atoms with van der Waals surface area (Å²) in [4.78, 5) is 50.2. The lowest BCUT2D eigenvalue weighted by molar-refractivity contribution is -0.384. The van der Waals surface area contributed by atoms with Crippen LogP contribution in [0.4, 0.5) is 28.4 Å². The number of nitrogens with zero attached hydrogens (tertiary/aromatic N) is 7. The summed E-state index contributed by atoms with van der Waals surface area (Å²) in [6.07, 6.45) is 8.43. The van der Waals surface area contributed by atoms with Crippen molar-refractivity contribution in [2.45, 2.75) is 171 Å². The summed E-state index contributed by atoms with van der Waals surface area (Å²) in [5, 5.41) is 16.8. The number of benzene rings is 3. The van der Waals surface area contributed by atoms with Gasteiger partial charge < -0.3 is 53.3 Å². The molecule has 5 fully saturated rings. The summed E-state index contributed by atoms with van der Waals surface area (Å²) in [6.45, 7) is 25.1. The van der Waals surface area contributed by atoms with E-state index in [4.69, 9.17) is 43.1 Å². The third-order valence-electron chi connectivity index (χ3n) is 21.9. The minimum Gasteiger partial charge on any atom is -0.491 e. The fourth-order valence-electron chi connectivity index (χ4n) is 16.8. The highest BCUT2D eigenvalue weighted by Gasteiger charge is 2.53. The van der Waals surface area contributed by atoms with E-state index < -0.39 is 43.1 Å². The van der Waals surface area contributed by atoms with Crippen LogP contribution in [0.5, 0.6) is 23.1 Å². The molecule has 23 heteroatoms. The van der Waals surface area contributed by atoms with Gasteiger partial charge in [-0.25, -0.2) is 13.1 Å². The number of nitrogens with one attached hydrogen (secondary N) is 3. The Bertz CT molecular complexity index is 4040. The molecule has 3 aromatic carbocycles. The molecule has 8 aliphatic heterocycles. The van der Waals surface area contributed by atoms with Gasteiger partial charge >= 0.3 is 0 Å². The lowest BCUT2D eigenvalue weighted by atomic mass is 9.59. The summed E-state index contributed by atoms with van der Waals surface area (Å²) >= 11 is 0. The van der Waals surface area contributed by atoms with Gasteiger partial charge in [0.05, 0.1) is 82.5 Å². The van der Waals surface area contributed by atoms with Crippen molar-refractivity contribution in [1.29, 1.82) is 0 Å². The number of amides is 1. The molecule has 4 saturated heterocycles. The van der Waals surface area contributed by atoms with E-state index in [1.165, 1.54) is 22.8 Å². The van der Waals surface area contributed by atoms with Gasteiger partial charge in [-0.15, -0.1) is 0 Å². The van der Waals surface area contributed by atoms with E-state index in [-0.39, 0.29) is 83.2 Å². The van der Waals surface area contributed by atoms with E-state index in [0.717, 1.165) is 118 Å². The van der Waals surface area contributed by atoms with Crippen LogP contribution in [0.3, 0.4) is 0 Å². The summed E-state index contributed by atoms with van der Waals surface area (Å²) in [5.74, 6) is 1.71. The Balaban J connectivity index is 0.712. The lowest BCUT2D eigenvalue weighted by Crippen LogP contribution is -2.60. The second kappa shape index (κ2) is 24.1. The number of nitro groups is 1. The predicted octanol–water partition coefficient (Wildman–Crippen LogP) is 11.4. The van der Waals surface area contributed by atoms with Crippen LogP contribution in [0, 0.1) is 21.4 Å². The number of anilines is 4. The molecule has 3 aromatic heterocycles. The molecule has 1 spiro atoms. The number of hydrogen-bond acceptors (Lipinski definition) is 19. The highest BCUT2D eigenvalue weighted by atomic mass is 32.2. The van der Waals surface area contributed by atoms with Crippen LogP contribution in [0.15, 0.2) is 77.8 Å². The van der Waals surface area contributed by atoms with Gasteiger partial charge in [-0.2, -0.15) is 4.98 Å². The standard InChI is InChI=1S/C71H88N10O12S/c1-41(2)62-64-61(69(5,6)21-30-89-64)60-56(39-91-70(7,8)65(60)74-62)78-25-26-79(55(37-78)48-11-9-10-12-57(48)92-42(3)4)46-35-71(36-46)19-23-77(24-20-71)45-13-14-49(52(32-45)80-51-18-29-88-40-59(51)93-68-54(80)31-44-15-22-72-66(44)75-68)67(82)76-94(85,86)47-33-53(81(83)84)63-58(34-47)90-38-50(73-63)43-16-27-87-28-17-43/h9-15,22,31-34,41-43,46,50-51,55-56,59,73H,16-21,23-30,35-40H2,1-8H3,(H,72,75)(H,76,82)/t50-,51-,55-,56+,59-/m0/s1. The van der Waals surface area contributed by atoms with Gasteiger partial charge in [-0.05, 0) is 138 Å². The number of sulfonamides is 1.